The van der Waals surface area contributed by atoms with Crippen molar-refractivity contribution in [3.05, 3.63) is 35.4 Å². The maximum Gasteiger partial charge on any atom is 0.123 e. The molecule has 0 heterocycles. The molecule has 0 bridgehead atoms. The van der Waals surface area contributed by atoms with Crippen LogP contribution in [0.4, 0.5) is 4.39 Å². The third kappa shape index (κ3) is 2.53. The minimum absolute atomic E-state index is 0.434. The van der Waals surface area contributed by atoms with Crippen LogP contribution in [0.15, 0.2) is 24.3 Å². The van der Waals surface area contributed by atoms with Crippen molar-refractivity contribution < 1.29 is 9.50 Å². The Morgan fingerprint density at radius 3 is 2.43 bits per heavy atom. The van der Waals surface area contributed by atoms with Gasteiger partial charge in [0.15, 0.2) is 0 Å². The number of likely N-dealkylation sites (N-methyl/N-ethyl adjacent to an activating group) is 1. The Kier molecular flexibility index (Phi) is 4.04. The lowest BCUT2D eigenvalue weighted by Gasteiger charge is -2.15. The van der Waals surface area contributed by atoms with Crippen LogP contribution in [-0.2, 0) is 0 Å². The van der Waals surface area contributed by atoms with E-state index in [1.54, 1.807) is 31.3 Å². The fourth-order valence-corrected chi connectivity index (χ4v) is 1.48. The second kappa shape index (κ2) is 5.08. The van der Waals surface area contributed by atoms with Gasteiger partial charge in [-0.15, -0.1) is 0 Å². The van der Waals surface area contributed by atoms with Gasteiger partial charge in [-0.3, -0.25) is 0 Å². The summed E-state index contributed by atoms with van der Waals surface area (Å²) in [6.07, 6.45) is -1.69. The zero-order chi connectivity index (χ0) is 10.6. The number of halogens is 1. The van der Waals surface area contributed by atoms with Gasteiger partial charge in [0.1, 0.15) is 6.17 Å². The molecule has 0 aromatic heterocycles. The third-order valence-corrected chi connectivity index (χ3v) is 2.18. The molecule has 1 aromatic rings. The number of alkyl halides is 1. The summed E-state index contributed by atoms with van der Waals surface area (Å²) in [5, 5.41) is 12.6. The van der Waals surface area contributed by atoms with Crippen molar-refractivity contribution in [3.8, 4) is 0 Å². The first-order valence-corrected chi connectivity index (χ1v) is 4.72. The number of nitrogens with one attached hydrogen (secondary N) is 1. The molecular formula is C11H16FNO. The summed E-state index contributed by atoms with van der Waals surface area (Å²) in [6.45, 7) is 1.91. The number of aliphatic hydroxyl groups excluding tert-OH is 1. The zero-order valence-electron chi connectivity index (χ0n) is 8.50. The molecule has 3 heteroatoms. The number of hydrogen-bond acceptors (Lipinski definition) is 2. The van der Waals surface area contributed by atoms with E-state index >= 15 is 0 Å². The second-order valence-electron chi connectivity index (χ2n) is 3.32. The van der Waals surface area contributed by atoms with Gasteiger partial charge in [-0.25, -0.2) is 4.39 Å². The molecule has 2 unspecified atom stereocenters. The van der Waals surface area contributed by atoms with Gasteiger partial charge in [0.05, 0.1) is 6.10 Å². The van der Waals surface area contributed by atoms with Crippen LogP contribution in [-0.4, -0.2) is 18.7 Å². The monoisotopic (exact) mass is 197 g/mol. The SMILES string of the molecule is CNCC(O)c1ccccc1C(C)F. The Labute approximate surface area is 83.8 Å². The highest BCUT2D eigenvalue weighted by Crippen LogP contribution is 2.25. The van der Waals surface area contributed by atoms with Crippen molar-refractivity contribution in [1.29, 1.82) is 0 Å². The number of hydrogen-bond donors (Lipinski definition) is 2. The van der Waals surface area contributed by atoms with Crippen LogP contribution in [0, 0.1) is 0 Å². The predicted octanol–water partition coefficient (Wildman–Crippen LogP) is 1.97. The third-order valence-electron chi connectivity index (χ3n) is 2.18. The van der Waals surface area contributed by atoms with Gasteiger partial charge in [-0.2, -0.15) is 0 Å². The quantitative estimate of drug-likeness (QED) is 0.773. The highest BCUT2D eigenvalue weighted by atomic mass is 19.1. The maximum atomic E-state index is 13.2. The summed E-state index contributed by atoms with van der Waals surface area (Å²) in [4.78, 5) is 0. The Hall–Kier alpha value is -0.930. The van der Waals surface area contributed by atoms with Crippen molar-refractivity contribution >= 4 is 0 Å². The zero-order valence-corrected chi connectivity index (χ0v) is 8.50. The van der Waals surface area contributed by atoms with Crippen molar-refractivity contribution in [2.24, 2.45) is 0 Å². The van der Waals surface area contributed by atoms with Crippen molar-refractivity contribution in [2.75, 3.05) is 13.6 Å². The van der Waals surface area contributed by atoms with E-state index in [-0.39, 0.29) is 0 Å². The van der Waals surface area contributed by atoms with Crippen LogP contribution < -0.4 is 5.32 Å². The maximum absolute atomic E-state index is 13.2. The van der Waals surface area contributed by atoms with Gasteiger partial charge in [0, 0.05) is 6.54 Å². The fourth-order valence-electron chi connectivity index (χ4n) is 1.48. The normalized spacial score (nSPS) is 15.1. The Bertz CT molecular complexity index is 288. The van der Waals surface area contributed by atoms with Gasteiger partial charge >= 0.3 is 0 Å². The largest absolute Gasteiger partial charge is 0.387 e. The van der Waals surface area contributed by atoms with Gasteiger partial charge in [-0.05, 0) is 25.1 Å². The highest BCUT2D eigenvalue weighted by molar-refractivity contribution is 5.30. The van der Waals surface area contributed by atoms with Gasteiger partial charge in [0.25, 0.3) is 0 Å². The average Bonchev–Trinajstić information content (AvgIpc) is 2.18. The Morgan fingerprint density at radius 1 is 1.36 bits per heavy atom. The van der Waals surface area contributed by atoms with E-state index in [9.17, 15) is 9.50 Å². The smallest absolute Gasteiger partial charge is 0.123 e. The van der Waals surface area contributed by atoms with Crippen LogP contribution in [0.5, 0.6) is 0 Å². The standard InChI is InChI=1S/C11H16FNO/c1-8(12)9-5-3-4-6-10(9)11(14)7-13-2/h3-6,8,11,13-14H,7H2,1-2H3. The molecule has 0 aliphatic rings. The first-order chi connectivity index (χ1) is 6.66. The van der Waals surface area contributed by atoms with E-state index < -0.39 is 12.3 Å². The second-order valence-corrected chi connectivity index (χ2v) is 3.32. The van der Waals surface area contributed by atoms with E-state index in [0.717, 1.165) is 0 Å². The molecule has 0 fully saturated rings. The van der Waals surface area contributed by atoms with Crippen molar-refractivity contribution in [1.82, 2.24) is 5.32 Å². The minimum atomic E-state index is -1.04. The predicted molar refractivity (Wildman–Crippen MR) is 54.9 cm³/mol. The van der Waals surface area contributed by atoms with Crippen molar-refractivity contribution in [2.45, 2.75) is 19.2 Å². The molecule has 2 N–H and O–H groups in total. The molecule has 0 radical (unpaired) electrons. The van der Waals surface area contributed by atoms with E-state index in [2.05, 4.69) is 5.32 Å². The van der Waals surface area contributed by atoms with E-state index in [1.165, 1.54) is 6.92 Å². The number of aliphatic hydroxyl groups is 1. The highest BCUT2D eigenvalue weighted by Gasteiger charge is 2.14. The van der Waals surface area contributed by atoms with Crippen molar-refractivity contribution in [3.63, 3.8) is 0 Å². The van der Waals surface area contributed by atoms with Crippen LogP contribution in [0.25, 0.3) is 0 Å². The summed E-state index contributed by atoms with van der Waals surface area (Å²) >= 11 is 0. The summed E-state index contributed by atoms with van der Waals surface area (Å²) < 4.78 is 13.2. The Balaban J connectivity index is 2.94. The molecule has 0 aliphatic carbocycles. The van der Waals surface area contributed by atoms with Gasteiger partial charge in [-0.1, -0.05) is 24.3 Å². The molecule has 1 aromatic carbocycles. The van der Waals surface area contributed by atoms with Crippen LogP contribution in [0.2, 0.25) is 0 Å². The van der Waals surface area contributed by atoms with E-state index in [1.807, 2.05) is 0 Å². The van der Waals surface area contributed by atoms with Crippen LogP contribution >= 0.6 is 0 Å². The molecule has 2 atom stereocenters. The molecule has 0 saturated carbocycles. The molecule has 0 amide bonds. The lowest BCUT2D eigenvalue weighted by Crippen LogP contribution is -2.18. The lowest BCUT2D eigenvalue weighted by atomic mass is 9.99. The van der Waals surface area contributed by atoms with E-state index in [0.29, 0.717) is 17.7 Å². The molecular weight excluding hydrogens is 181 g/mol. The van der Waals surface area contributed by atoms with Gasteiger partial charge in [0.2, 0.25) is 0 Å². The Morgan fingerprint density at radius 2 is 1.93 bits per heavy atom. The summed E-state index contributed by atoms with van der Waals surface area (Å²) in [6, 6.07) is 7.05. The molecule has 2 nitrogen and oxygen atoms in total. The topological polar surface area (TPSA) is 32.3 Å². The number of benzene rings is 1. The average molecular weight is 197 g/mol. The molecule has 0 aliphatic heterocycles. The van der Waals surface area contributed by atoms with E-state index in [4.69, 9.17) is 0 Å². The molecule has 78 valence electrons. The first-order valence-electron chi connectivity index (χ1n) is 4.72. The van der Waals surface area contributed by atoms with Crippen LogP contribution in [0.1, 0.15) is 30.3 Å². The molecule has 14 heavy (non-hydrogen) atoms. The summed E-state index contributed by atoms with van der Waals surface area (Å²) in [5.74, 6) is 0. The summed E-state index contributed by atoms with van der Waals surface area (Å²) in [5.41, 5.74) is 1.23. The van der Waals surface area contributed by atoms with Crippen LogP contribution in [0.3, 0.4) is 0 Å². The first kappa shape index (κ1) is 11.1. The fraction of sp³-hybridized carbons (Fsp3) is 0.455. The number of rotatable bonds is 4. The molecule has 0 saturated heterocycles. The lowest BCUT2D eigenvalue weighted by molar-refractivity contribution is 0.174. The summed E-state index contributed by atoms with van der Waals surface area (Å²) in [7, 11) is 1.75. The molecule has 1 rings (SSSR count). The molecule has 0 spiro atoms. The minimum Gasteiger partial charge on any atom is -0.387 e. The van der Waals surface area contributed by atoms with Gasteiger partial charge < -0.3 is 10.4 Å².